The molecule has 0 radical (unpaired) electrons. The lowest BCUT2D eigenvalue weighted by Crippen LogP contribution is -2.28. The number of rotatable bonds is 5. The maximum atomic E-state index is 13.0. The van der Waals surface area contributed by atoms with Gasteiger partial charge in [-0.2, -0.15) is 0 Å². The van der Waals surface area contributed by atoms with Crippen molar-refractivity contribution in [2.45, 2.75) is 32.9 Å². The molecule has 1 N–H and O–H groups in total. The van der Waals surface area contributed by atoms with Crippen LogP contribution in [0.1, 0.15) is 23.6 Å². The predicted molar refractivity (Wildman–Crippen MR) is 82.6 cm³/mol. The Labute approximate surface area is 124 Å². The first-order chi connectivity index (χ1) is 9.56. The van der Waals surface area contributed by atoms with Gasteiger partial charge in [0.1, 0.15) is 5.82 Å². The van der Waals surface area contributed by atoms with Crippen LogP contribution in [-0.2, 0) is 13.0 Å². The van der Waals surface area contributed by atoms with Gasteiger partial charge in [-0.15, -0.1) is 0 Å². The van der Waals surface area contributed by atoms with Gasteiger partial charge in [0.25, 0.3) is 0 Å². The molecule has 0 amide bonds. The van der Waals surface area contributed by atoms with Crippen molar-refractivity contribution < 1.29 is 4.39 Å². The number of aryl methyl sites for hydroxylation is 1. The normalized spacial score (nSPS) is 12.4. The molecule has 0 aliphatic carbocycles. The lowest BCUT2D eigenvalue weighted by Gasteiger charge is -2.16. The van der Waals surface area contributed by atoms with E-state index in [0.29, 0.717) is 6.04 Å². The van der Waals surface area contributed by atoms with Crippen LogP contribution in [0.25, 0.3) is 0 Å². The van der Waals surface area contributed by atoms with Crippen LogP contribution < -0.4 is 5.32 Å². The average Bonchev–Trinajstić information content (AvgIpc) is 2.40. The van der Waals surface area contributed by atoms with Crippen LogP contribution in [0.3, 0.4) is 0 Å². The quantitative estimate of drug-likeness (QED) is 0.855. The van der Waals surface area contributed by atoms with E-state index in [1.165, 1.54) is 6.07 Å². The van der Waals surface area contributed by atoms with Gasteiger partial charge in [0.15, 0.2) is 0 Å². The number of benzene rings is 2. The van der Waals surface area contributed by atoms with Crippen molar-refractivity contribution in [2.24, 2.45) is 0 Å². The Morgan fingerprint density at radius 3 is 2.60 bits per heavy atom. The Hall–Kier alpha value is -1.38. The molecule has 1 atom stereocenters. The minimum atomic E-state index is -0.185. The van der Waals surface area contributed by atoms with Crippen LogP contribution in [0, 0.1) is 12.7 Å². The van der Waals surface area contributed by atoms with Crippen molar-refractivity contribution in [1.82, 2.24) is 5.32 Å². The van der Waals surface area contributed by atoms with Crippen LogP contribution in [0.15, 0.2) is 42.5 Å². The molecule has 2 aromatic carbocycles. The molecule has 0 heterocycles. The number of halogens is 2. The first-order valence-electron chi connectivity index (χ1n) is 6.78. The van der Waals surface area contributed by atoms with Gasteiger partial charge in [-0.05, 0) is 55.2 Å². The summed E-state index contributed by atoms with van der Waals surface area (Å²) in [5, 5.41) is 4.26. The van der Waals surface area contributed by atoms with E-state index in [1.807, 2.05) is 37.3 Å². The molecule has 0 aliphatic rings. The minimum absolute atomic E-state index is 0.185. The maximum absolute atomic E-state index is 13.0. The highest BCUT2D eigenvalue weighted by molar-refractivity contribution is 6.31. The van der Waals surface area contributed by atoms with Crippen molar-refractivity contribution in [3.63, 3.8) is 0 Å². The van der Waals surface area contributed by atoms with Crippen molar-refractivity contribution in [1.29, 1.82) is 0 Å². The molecule has 0 aliphatic heterocycles. The maximum Gasteiger partial charge on any atom is 0.123 e. The summed E-state index contributed by atoms with van der Waals surface area (Å²) in [4.78, 5) is 0. The molecule has 0 aromatic heterocycles. The largest absolute Gasteiger partial charge is 0.310 e. The summed E-state index contributed by atoms with van der Waals surface area (Å²) < 4.78 is 13.0. The predicted octanol–water partition coefficient (Wildman–Crippen LogP) is 4.51. The third-order valence-electron chi connectivity index (χ3n) is 3.43. The molecule has 0 saturated heterocycles. The molecule has 0 saturated carbocycles. The van der Waals surface area contributed by atoms with E-state index in [9.17, 15) is 4.39 Å². The highest BCUT2D eigenvalue weighted by atomic mass is 35.5. The Balaban J connectivity index is 1.92. The molecule has 2 rings (SSSR count). The first kappa shape index (κ1) is 15.0. The summed E-state index contributed by atoms with van der Waals surface area (Å²) in [6.07, 6.45) is 0.875. The summed E-state index contributed by atoms with van der Waals surface area (Å²) in [7, 11) is 0. The van der Waals surface area contributed by atoms with Gasteiger partial charge in [0.05, 0.1) is 0 Å². The van der Waals surface area contributed by atoms with E-state index in [4.69, 9.17) is 11.6 Å². The van der Waals surface area contributed by atoms with Crippen molar-refractivity contribution >= 4 is 11.6 Å². The van der Waals surface area contributed by atoms with Gasteiger partial charge >= 0.3 is 0 Å². The second-order valence-corrected chi connectivity index (χ2v) is 5.56. The lowest BCUT2D eigenvalue weighted by atomic mass is 10.1. The zero-order chi connectivity index (χ0) is 14.5. The van der Waals surface area contributed by atoms with Gasteiger partial charge in [0, 0.05) is 17.6 Å². The lowest BCUT2D eigenvalue weighted by molar-refractivity contribution is 0.543. The van der Waals surface area contributed by atoms with Crippen LogP contribution in [0.2, 0.25) is 5.02 Å². The monoisotopic (exact) mass is 291 g/mol. The standard InChI is InChI=1S/C17H19ClFN/c1-12-9-16(19)8-7-15(12)11-20-13(2)10-14-5-3-4-6-17(14)18/h3-9,13,20H,10-11H2,1-2H3. The Bertz CT molecular complexity index is 583. The van der Waals surface area contributed by atoms with E-state index in [2.05, 4.69) is 12.2 Å². The zero-order valence-corrected chi connectivity index (χ0v) is 12.5. The van der Waals surface area contributed by atoms with Crippen LogP contribution in [0.4, 0.5) is 4.39 Å². The highest BCUT2D eigenvalue weighted by Crippen LogP contribution is 2.17. The fourth-order valence-corrected chi connectivity index (χ4v) is 2.42. The van der Waals surface area contributed by atoms with Crippen LogP contribution in [0.5, 0.6) is 0 Å². The molecule has 3 heteroatoms. The molecule has 1 nitrogen and oxygen atoms in total. The van der Waals surface area contributed by atoms with Gasteiger partial charge < -0.3 is 5.32 Å². The topological polar surface area (TPSA) is 12.0 Å². The second kappa shape index (κ2) is 6.87. The fraction of sp³-hybridized carbons (Fsp3) is 0.294. The molecule has 1 unspecified atom stereocenters. The molecule has 20 heavy (non-hydrogen) atoms. The van der Waals surface area contributed by atoms with Gasteiger partial charge in [-0.1, -0.05) is 35.9 Å². The molecule has 0 bridgehead atoms. The summed E-state index contributed by atoms with van der Waals surface area (Å²) in [5.74, 6) is -0.185. The Morgan fingerprint density at radius 1 is 1.15 bits per heavy atom. The molecule has 0 fully saturated rings. The Kier molecular flexibility index (Phi) is 5.16. The van der Waals surface area contributed by atoms with Crippen molar-refractivity contribution in [3.05, 3.63) is 70.0 Å². The van der Waals surface area contributed by atoms with E-state index in [1.54, 1.807) is 6.07 Å². The van der Waals surface area contributed by atoms with Gasteiger partial charge in [-0.3, -0.25) is 0 Å². The van der Waals surface area contributed by atoms with Crippen LogP contribution in [-0.4, -0.2) is 6.04 Å². The summed E-state index contributed by atoms with van der Waals surface area (Å²) in [6.45, 7) is 4.79. The van der Waals surface area contributed by atoms with Gasteiger partial charge in [-0.25, -0.2) is 4.39 Å². The van der Waals surface area contributed by atoms with E-state index in [-0.39, 0.29) is 5.82 Å². The SMILES string of the molecule is Cc1cc(F)ccc1CNC(C)Cc1ccccc1Cl. The van der Waals surface area contributed by atoms with Crippen LogP contribution >= 0.6 is 11.6 Å². The summed E-state index contributed by atoms with van der Waals surface area (Å²) in [6, 6.07) is 13.1. The van der Waals surface area contributed by atoms with E-state index < -0.39 is 0 Å². The van der Waals surface area contributed by atoms with E-state index >= 15 is 0 Å². The molecule has 0 spiro atoms. The first-order valence-corrected chi connectivity index (χ1v) is 7.16. The number of nitrogens with one attached hydrogen (secondary N) is 1. The smallest absolute Gasteiger partial charge is 0.123 e. The molecular weight excluding hydrogens is 273 g/mol. The Morgan fingerprint density at radius 2 is 1.90 bits per heavy atom. The third-order valence-corrected chi connectivity index (χ3v) is 3.80. The third kappa shape index (κ3) is 4.06. The van der Waals surface area contributed by atoms with Crippen molar-refractivity contribution in [2.75, 3.05) is 0 Å². The van der Waals surface area contributed by atoms with Crippen molar-refractivity contribution in [3.8, 4) is 0 Å². The summed E-state index contributed by atoms with van der Waals surface area (Å²) >= 11 is 6.16. The molecule has 106 valence electrons. The summed E-state index contributed by atoms with van der Waals surface area (Å²) in [5.41, 5.74) is 3.24. The fourth-order valence-electron chi connectivity index (χ4n) is 2.21. The molecule has 2 aromatic rings. The highest BCUT2D eigenvalue weighted by Gasteiger charge is 2.07. The van der Waals surface area contributed by atoms with Gasteiger partial charge in [0.2, 0.25) is 0 Å². The average molecular weight is 292 g/mol. The zero-order valence-electron chi connectivity index (χ0n) is 11.8. The number of hydrogen-bond acceptors (Lipinski definition) is 1. The van der Waals surface area contributed by atoms with E-state index in [0.717, 1.165) is 34.7 Å². The number of hydrogen-bond donors (Lipinski definition) is 1. The second-order valence-electron chi connectivity index (χ2n) is 5.15. The molecular formula is C17H19ClFN. The minimum Gasteiger partial charge on any atom is -0.310 e.